The van der Waals surface area contributed by atoms with Crippen LogP contribution in [0.5, 0.6) is 11.6 Å². The van der Waals surface area contributed by atoms with Gasteiger partial charge in [-0.1, -0.05) is 44.2 Å². The number of ether oxygens (including phenoxy) is 3. The van der Waals surface area contributed by atoms with Gasteiger partial charge in [0.1, 0.15) is 24.1 Å². The molecule has 2 aliphatic heterocycles. The van der Waals surface area contributed by atoms with Crippen molar-refractivity contribution in [3.05, 3.63) is 42.6 Å². The number of rotatable bonds is 10. The van der Waals surface area contributed by atoms with Gasteiger partial charge in [0.15, 0.2) is 5.78 Å². The van der Waals surface area contributed by atoms with E-state index in [0.29, 0.717) is 36.5 Å². The van der Waals surface area contributed by atoms with E-state index < -0.39 is 80.4 Å². The van der Waals surface area contributed by atoms with Gasteiger partial charge in [0.05, 0.1) is 41.3 Å². The highest BCUT2D eigenvalue weighted by Crippen LogP contribution is 2.58. The van der Waals surface area contributed by atoms with Crippen molar-refractivity contribution < 1.29 is 50.6 Å². The number of nitrogens with zero attached hydrogens (tertiary/aromatic N) is 2. The minimum absolute atomic E-state index is 0.0305. The van der Waals surface area contributed by atoms with Crippen molar-refractivity contribution in [1.82, 2.24) is 14.6 Å². The van der Waals surface area contributed by atoms with Gasteiger partial charge in [0, 0.05) is 23.6 Å². The van der Waals surface area contributed by atoms with Gasteiger partial charge < -0.3 is 19.1 Å². The van der Waals surface area contributed by atoms with Gasteiger partial charge in [-0.2, -0.15) is 0 Å². The second-order valence-electron chi connectivity index (χ2n) is 17.9. The van der Waals surface area contributed by atoms with Crippen LogP contribution >= 0.6 is 0 Å². The van der Waals surface area contributed by atoms with Crippen LogP contribution in [0.4, 0.5) is 8.78 Å². The number of fused-ring (bicyclic) bond motifs is 3. The van der Waals surface area contributed by atoms with Crippen molar-refractivity contribution in [3.8, 4) is 11.6 Å². The predicted molar refractivity (Wildman–Crippen MR) is 208 cm³/mol. The average molecular weight is 816 g/mol. The molecule has 3 heterocycles. The highest BCUT2D eigenvalue weighted by Gasteiger charge is 2.62. The lowest BCUT2D eigenvalue weighted by Crippen LogP contribution is -2.48. The largest absolute Gasteiger partial charge is 0.485 e. The van der Waals surface area contributed by atoms with Crippen LogP contribution in [0.15, 0.2) is 42.6 Å². The fourth-order valence-electron chi connectivity index (χ4n) is 8.31. The van der Waals surface area contributed by atoms with E-state index in [1.807, 2.05) is 19.1 Å². The van der Waals surface area contributed by atoms with Crippen LogP contribution in [-0.4, -0.2) is 83.9 Å². The van der Waals surface area contributed by atoms with E-state index in [0.717, 1.165) is 6.42 Å². The quantitative estimate of drug-likeness (QED) is 0.206. The third-order valence-electron chi connectivity index (χ3n) is 12.0. The monoisotopic (exact) mass is 815 g/mol. The Labute approximate surface area is 333 Å². The number of allylic oxidation sites excluding steroid dienone is 2. The number of alkyl halides is 2. The summed E-state index contributed by atoms with van der Waals surface area (Å²) in [6.45, 7) is 10.00. The van der Waals surface area contributed by atoms with Gasteiger partial charge in [0.25, 0.3) is 6.43 Å². The van der Waals surface area contributed by atoms with Crippen molar-refractivity contribution in [3.63, 3.8) is 0 Å². The zero-order chi connectivity index (χ0) is 41.5. The molecule has 0 unspecified atom stereocenters. The first-order chi connectivity index (χ1) is 26.7. The van der Waals surface area contributed by atoms with E-state index in [1.54, 1.807) is 52.0 Å². The second kappa shape index (κ2) is 16.2. The molecule has 4 aliphatic rings. The molecule has 2 aromatic rings. The summed E-state index contributed by atoms with van der Waals surface area (Å²) >= 11 is 0. The number of ketones is 1. The van der Waals surface area contributed by atoms with Gasteiger partial charge in [-0.3, -0.25) is 23.9 Å². The molecule has 0 radical (unpaired) electrons. The maximum atomic E-state index is 14.9. The summed E-state index contributed by atoms with van der Waals surface area (Å²) in [6.07, 6.45) is 4.49. The van der Waals surface area contributed by atoms with Crippen LogP contribution in [0.25, 0.3) is 10.8 Å². The molecule has 3 fully saturated rings. The standard InChI is InChI=1S/C42H55F2N3O9S/c1-25-11-7-8-12-27-20-42(27,39(51)46-57(52,53)41(6)15-16-41)21-33(48)32-18-28(23-47(32)38(50)31(26(2)17-25)19-36(49)56-40(3,4)5)55-37-30-14-10-9-13-29(30)34(22-45-37)54-24-35(43)44/h8-10,12-14,22,25-28,31-32,35H,7,11,15-21,23-24H2,1-6H3,(H,46,51)/b12-8-/t25-,26-,27-,28-,31+,32+,42-/m1/s1. The SMILES string of the molecule is C[C@@H]1CC/C=C\[C@@H]2C[C@@]2(C(=O)NS(=O)(=O)C2(C)CC2)CC(=O)[C@@H]2C[C@@H](Oc3ncc(OCC(F)F)c4ccccc34)CN2C(=O)[C@@H](CC(=O)OC(C)(C)C)[C@H](C)C1. The highest BCUT2D eigenvalue weighted by atomic mass is 32.2. The van der Waals surface area contributed by atoms with Gasteiger partial charge in [-0.15, -0.1) is 0 Å². The number of carbonyl (C=O) groups is 4. The molecule has 1 aromatic heterocycles. The number of carbonyl (C=O) groups excluding carboxylic acids is 4. The Morgan fingerprint density at radius 3 is 2.46 bits per heavy atom. The topological polar surface area (TPSA) is 158 Å². The molecule has 7 atom stereocenters. The summed E-state index contributed by atoms with van der Waals surface area (Å²) < 4.78 is 71.2. The summed E-state index contributed by atoms with van der Waals surface area (Å²) in [5.74, 6) is -3.11. The normalized spacial score (nSPS) is 29.7. The van der Waals surface area contributed by atoms with Gasteiger partial charge in [-0.05, 0) is 90.0 Å². The number of benzene rings is 1. The number of Topliss-reactive ketones (excluding diaryl/α,β-unsaturated/α-hetero) is 1. The molecule has 0 spiro atoms. The summed E-state index contributed by atoms with van der Waals surface area (Å²) in [6, 6.07) is 5.79. The van der Waals surface area contributed by atoms with Crippen LogP contribution < -0.4 is 14.2 Å². The first-order valence-electron chi connectivity index (χ1n) is 20.0. The smallest absolute Gasteiger partial charge is 0.307 e. The number of esters is 1. The molecule has 2 amide bonds. The number of aromatic nitrogens is 1. The molecule has 1 aromatic carbocycles. The third kappa shape index (κ3) is 9.60. The predicted octanol–water partition coefficient (Wildman–Crippen LogP) is 6.55. The maximum absolute atomic E-state index is 14.9. The van der Waals surface area contributed by atoms with Crippen molar-refractivity contribution in [2.75, 3.05) is 13.2 Å². The summed E-state index contributed by atoms with van der Waals surface area (Å²) in [5.41, 5.74) is -2.11. The van der Waals surface area contributed by atoms with E-state index in [9.17, 15) is 36.4 Å². The minimum atomic E-state index is -3.99. The van der Waals surface area contributed by atoms with E-state index in [-0.39, 0.29) is 61.6 Å². The molecule has 12 nitrogen and oxygen atoms in total. The van der Waals surface area contributed by atoms with Crippen molar-refractivity contribution in [1.29, 1.82) is 0 Å². The number of hydrogen-bond donors (Lipinski definition) is 1. The maximum Gasteiger partial charge on any atom is 0.307 e. The number of amides is 2. The highest BCUT2D eigenvalue weighted by molar-refractivity contribution is 7.91. The van der Waals surface area contributed by atoms with Crippen molar-refractivity contribution in [2.24, 2.45) is 29.1 Å². The Kier molecular flexibility index (Phi) is 12.1. The first-order valence-corrected chi connectivity index (χ1v) is 21.4. The van der Waals surface area contributed by atoms with Crippen LogP contribution in [0.2, 0.25) is 0 Å². The zero-order valence-electron chi connectivity index (χ0n) is 33.6. The summed E-state index contributed by atoms with van der Waals surface area (Å²) in [5, 5.41) is 0.963. The van der Waals surface area contributed by atoms with Crippen LogP contribution in [0.3, 0.4) is 0 Å². The molecular weight excluding hydrogens is 761 g/mol. The zero-order valence-corrected chi connectivity index (χ0v) is 34.4. The molecule has 0 bridgehead atoms. The molecule has 1 N–H and O–H groups in total. The van der Waals surface area contributed by atoms with E-state index >= 15 is 0 Å². The fraction of sp³-hybridized carbons (Fsp3) is 0.643. The lowest BCUT2D eigenvalue weighted by molar-refractivity contribution is -0.160. The number of hydrogen-bond acceptors (Lipinski definition) is 10. The van der Waals surface area contributed by atoms with E-state index in [1.165, 1.54) is 11.1 Å². The molecule has 15 heteroatoms. The van der Waals surface area contributed by atoms with Gasteiger partial charge in [-0.25, -0.2) is 22.2 Å². The summed E-state index contributed by atoms with van der Waals surface area (Å²) in [7, 11) is -3.99. The van der Waals surface area contributed by atoms with Gasteiger partial charge >= 0.3 is 5.97 Å². The molecule has 312 valence electrons. The molecule has 6 rings (SSSR count). The Morgan fingerprint density at radius 1 is 1.09 bits per heavy atom. The number of sulfonamides is 1. The second-order valence-corrected chi connectivity index (χ2v) is 20.1. The van der Waals surface area contributed by atoms with Crippen LogP contribution in [-0.2, 0) is 33.9 Å². The average Bonchev–Trinajstić information content (AvgIpc) is 4.00. The number of pyridine rings is 1. The molecule has 57 heavy (non-hydrogen) atoms. The molecular formula is C42H55F2N3O9S. The number of nitrogens with one attached hydrogen (secondary N) is 1. The summed E-state index contributed by atoms with van der Waals surface area (Å²) in [4.78, 5) is 62.7. The lowest BCUT2D eigenvalue weighted by Gasteiger charge is -2.32. The van der Waals surface area contributed by atoms with Gasteiger partial charge in [0.2, 0.25) is 27.7 Å². The van der Waals surface area contributed by atoms with Crippen LogP contribution in [0, 0.1) is 29.1 Å². The Morgan fingerprint density at radius 2 is 1.79 bits per heavy atom. The van der Waals surface area contributed by atoms with Crippen LogP contribution in [0.1, 0.15) is 99.3 Å². The van der Waals surface area contributed by atoms with E-state index in [2.05, 4.69) is 16.6 Å². The van der Waals surface area contributed by atoms with E-state index in [4.69, 9.17) is 14.2 Å². The Bertz CT molecular complexity index is 2010. The molecule has 1 saturated heterocycles. The third-order valence-corrected chi connectivity index (χ3v) is 14.1. The number of halogens is 2. The minimum Gasteiger partial charge on any atom is -0.485 e. The first kappa shape index (κ1) is 42.5. The fourth-order valence-corrected chi connectivity index (χ4v) is 9.64. The Hall–Kier alpha value is -4.14. The van der Waals surface area contributed by atoms with Crippen molar-refractivity contribution >= 4 is 44.4 Å². The van der Waals surface area contributed by atoms with Crippen molar-refractivity contribution in [2.45, 2.75) is 128 Å². The molecule has 2 saturated carbocycles. The Balaban J connectivity index is 1.34. The lowest BCUT2D eigenvalue weighted by atomic mass is 9.82. The molecule has 2 aliphatic carbocycles.